The van der Waals surface area contributed by atoms with Crippen molar-refractivity contribution in [3.63, 3.8) is 0 Å². The molecule has 0 fully saturated rings. The van der Waals surface area contributed by atoms with E-state index in [1.807, 2.05) is 24.3 Å². The van der Waals surface area contributed by atoms with Crippen LogP contribution in [0.3, 0.4) is 0 Å². The number of hydrogen-bond acceptors (Lipinski definition) is 3. The van der Waals surface area contributed by atoms with E-state index < -0.39 is 5.82 Å². The van der Waals surface area contributed by atoms with Crippen LogP contribution in [-0.2, 0) is 9.59 Å². The molecule has 0 atom stereocenters. The molecule has 0 unspecified atom stereocenters. The van der Waals surface area contributed by atoms with Crippen molar-refractivity contribution in [2.45, 2.75) is 18.2 Å². The molecule has 0 saturated heterocycles. The minimum Gasteiger partial charge on any atom is -0.326 e. The number of amides is 2. The molecule has 0 bridgehead atoms. The van der Waals surface area contributed by atoms with Crippen molar-refractivity contribution >= 4 is 50.9 Å². The van der Waals surface area contributed by atoms with Crippen LogP contribution in [0.4, 0.5) is 15.8 Å². The van der Waals surface area contributed by atoms with Crippen molar-refractivity contribution in [3.05, 3.63) is 52.8 Å². The minimum atomic E-state index is -0.544. The third-order valence-electron chi connectivity index (χ3n) is 2.97. The second-order valence-corrected chi connectivity index (χ2v) is 7.06. The predicted molar refractivity (Wildman–Crippen MR) is 98.8 cm³/mol. The van der Waals surface area contributed by atoms with E-state index in [1.54, 1.807) is 11.8 Å². The lowest BCUT2D eigenvalue weighted by atomic mass is 10.2. The fourth-order valence-electron chi connectivity index (χ4n) is 1.91. The van der Waals surface area contributed by atoms with Crippen molar-refractivity contribution in [1.29, 1.82) is 0 Å². The van der Waals surface area contributed by atoms with E-state index in [-0.39, 0.29) is 23.9 Å². The van der Waals surface area contributed by atoms with Crippen molar-refractivity contribution in [1.82, 2.24) is 0 Å². The van der Waals surface area contributed by atoms with Crippen LogP contribution < -0.4 is 10.6 Å². The van der Waals surface area contributed by atoms with Crippen LogP contribution in [0.25, 0.3) is 0 Å². The van der Waals surface area contributed by atoms with Gasteiger partial charge in [0.2, 0.25) is 11.8 Å². The molecule has 4 nitrogen and oxygen atoms in total. The standard InChI is InChI=1S/C17H16BrFN2O2S/c1-11(22)20-13-4-7-15(19)16(10-13)21-17(23)8-9-24-14-5-2-12(18)3-6-14/h2-7,10H,8-9H2,1H3,(H,20,22)(H,21,23). The molecule has 2 rings (SSSR count). The Balaban J connectivity index is 1.87. The third-order valence-corrected chi connectivity index (χ3v) is 4.51. The number of nitrogens with one attached hydrogen (secondary N) is 2. The summed E-state index contributed by atoms with van der Waals surface area (Å²) in [5.74, 6) is -0.498. The van der Waals surface area contributed by atoms with Gasteiger partial charge in [-0.15, -0.1) is 11.8 Å². The van der Waals surface area contributed by atoms with E-state index in [0.29, 0.717) is 11.4 Å². The van der Waals surface area contributed by atoms with Gasteiger partial charge in [0.15, 0.2) is 0 Å². The van der Waals surface area contributed by atoms with Gasteiger partial charge in [0.1, 0.15) is 5.82 Å². The van der Waals surface area contributed by atoms with Gasteiger partial charge in [0, 0.05) is 34.2 Å². The summed E-state index contributed by atoms with van der Waals surface area (Å²) in [4.78, 5) is 24.0. The molecular formula is C17H16BrFN2O2S. The molecule has 2 aromatic rings. The first kappa shape index (κ1) is 18.5. The van der Waals surface area contributed by atoms with Gasteiger partial charge in [0.05, 0.1) is 5.69 Å². The summed E-state index contributed by atoms with van der Waals surface area (Å²) < 4.78 is 14.8. The molecule has 0 aromatic heterocycles. The number of halogens is 2. The highest BCUT2D eigenvalue weighted by molar-refractivity contribution is 9.10. The SMILES string of the molecule is CC(=O)Nc1ccc(F)c(NC(=O)CCSc2ccc(Br)cc2)c1. The average molecular weight is 411 g/mol. The average Bonchev–Trinajstić information content (AvgIpc) is 2.52. The number of carbonyl (C=O) groups excluding carboxylic acids is 2. The van der Waals surface area contributed by atoms with Crippen molar-refractivity contribution in [2.24, 2.45) is 0 Å². The Kier molecular flexibility index (Phi) is 6.81. The Bertz CT molecular complexity index is 738. The molecule has 0 heterocycles. The second kappa shape index (κ2) is 8.84. The molecule has 0 radical (unpaired) electrons. The smallest absolute Gasteiger partial charge is 0.225 e. The van der Waals surface area contributed by atoms with Crippen molar-refractivity contribution in [3.8, 4) is 0 Å². The zero-order valence-electron chi connectivity index (χ0n) is 12.9. The fourth-order valence-corrected chi connectivity index (χ4v) is 3.02. The lowest BCUT2D eigenvalue weighted by Crippen LogP contribution is -2.14. The van der Waals surface area contributed by atoms with E-state index in [2.05, 4.69) is 26.6 Å². The summed E-state index contributed by atoms with van der Waals surface area (Å²) in [6.45, 7) is 1.36. The lowest BCUT2D eigenvalue weighted by Gasteiger charge is -2.09. The maximum Gasteiger partial charge on any atom is 0.225 e. The van der Waals surface area contributed by atoms with E-state index >= 15 is 0 Å². The maximum absolute atomic E-state index is 13.8. The molecule has 0 saturated carbocycles. The van der Waals surface area contributed by atoms with Crippen LogP contribution >= 0.6 is 27.7 Å². The second-order valence-electron chi connectivity index (χ2n) is 4.98. The molecule has 126 valence electrons. The number of benzene rings is 2. The van der Waals surface area contributed by atoms with Crippen LogP contribution in [-0.4, -0.2) is 17.6 Å². The van der Waals surface area contributed by atoms with Crippen LogP contribution in [0, 0.1) is 5.82 Å². The molecule has 7 heteroatoms. The summed E-state index contributed by atoms with van der Waals surface area (Å²) in [6, 6.07) is 11.8. The first-order valence-corrected chi connectivity index (χ1v) is 8.97. The summed E-state index contributed by atoms with van der Waals surface area (Å²) in [6.07, 6.45) is 0.254. The maximum atomic E-state index is 13.8. The Labute approximate surface area is 152 Å². The first-order chi connectivity index (χ1) is 11.4. The Morgan fingerprint density at radius 1 is 1.12 bits per heavy atom. The van der Waals surface area contributed by atoms with Gasteiger partial charge < -0.3 is 10.6 Å². The molecule has 0 aliphatic heterocycles. The predicted octanol–water partition coefficient (Wildman–Crippen LogP) is 4.67. The summed E-state index contributed by atoms with van der Waals surface area (Å²) >= 11 is 4.92. The number of carbonyl (C=O) groups is 2. The summed E-state index contributed by atoms with van der Waals surface area (Å²) in [5, 5.41) is 5.08. The van der Waals surface area contributed by atoms with Crippen LogP contribution in [0.5, 0.6) is 0 Å². The number of thioether (sulfide) groups is 1. The number of hydrogen-bond donors (Lipinski definition) is 2. The summed E-state index contributed by atoms with van der Waals surface area (Å²) in [7, 11) is 0. The van der Waals surface area contributed by atoms with Gasteiger partial charge in [-0.3, -0.25) is 9.59 Å². The van der Waals surface area contributed by atoms with E-state index in [4.69, 9.17) is 0 Å². The molecular weight excluding hydrogens is 395 g/mol. The van der Waals surface area contributed by atoms with Crippen molar-refractivity contribution < 1.29 is 14.0 Å². The molecule has 24 heavy (non-hydrogen) atoms. The zero-order valence-corrected chi connectivity index (χ0v) is 15.3. The largest absolute Gasteiger partial charge is 0.326 e. The molecule has 2 amide bonds. The third kappa shape index (κ3) is 5.98. The van der Waals surface area contributed by atoms with Gasteiger partial charge in [-0.2, -0.15) is 0 Å². The Hall–Kier alpha value is -1.86. The first-order valence-electron chi connectivity index (χ1n) is 7.19. The van der Waals surface area contributed by atoms with Crippen LogP contribution in [0.2, 0.25) is 0 Å². The zero-order chi connectivity index (χ0) is 17.5. The van der Waals surface area contributed by atoms with Gasteiger partial charge >= 0.3 is 0 Å². The van der Waals surface area contributed by atoms with E-state index in [9.17, 15) is 14.0 Å². The fraction of sp³-hybridized carbons (Fsp3) is 0.176. The van der Waals surface area contributed by atoms with E-state index in [1.165, 1.54) is 25.1 Å². The van der Waals surface area contributed by atoms with Crippen LogP contribution in [0.15, 0.2) is 51.8 Å². The highest BCUT2D eigenvalue weighted by Crippen LogP contribution is 2.22. The highest BCUT2D eigenvalue weighted by atomic mass is 79.9. The number of rotatable bonds is 6. The van der Waals surface area contributed by atoms with Gasteiger partial charge in [-0.25, -0.2) is 4.39 Å². The topological polar surface area (TPSA) is 58.2 Å². The molecule has 2 aromatic carbocycles. The highest BCUT2D eigenvalue weighted by Gasteiger charge is 2.09. The van der Waals surface area contributed by atoms with Gasteiger partial charge in [-0.05, 0) is 42.5 Å². The van der Waals surface area contributed by atoms with Crippen LogP contribution in [0.1, 0.15) is 13.3 Å². The quantitative estimate of drug-likeness (QED) is 0.680. The molecule has 2 N–H and O–H groups in total. The van der Waals surface area contributed by atoms with Crippen molar-refractivity contribution in [2.75, 3.05) is 16.4 Å². The van der Waals surface area contributed by atoms with Gasteiger partial charge in [0.25, 0.3) is 0 Å². The molecule has 0 aliphatic rings. The summed E-state index contributed by atoms with van der Waals surface area (Å²) in [5.41, 5.74) is 0.489. The van der Waals surface area contributed by atoms with Gasteiger partial charge in [-0.1, -0.05) is 15.9 Å². The molecule has 0 spiro atoms. The lowest BCUT2D eigenvalue weighted by molar-refractivity contribution is -0.116. The Morgan fingerprint density at radius 2 is 1.83 bits per heavy atom. The van der Waals surface area contributed by atoms with E-state index in [0.717, 1.165) is 9.37 Å². The molecule has 0 aliphatic carbocycles. The minimum absolute atomic E-state index is 0.0555. The Morgan fingerprint density at radius 3 is 2.50 bits per heavy atom. The number of anilines is 2. The normalized spacial score (nSPS) is 10.3. The monoisotopic (exact) mass is 410 g/mol.